The highest BCUT2D eigenvalue weighted by Crippen LogP contribution is 2.15. The van der Waals surface area contributed by atoms with Gasteiger partial charge in [0.25, 0.3) is 0 Å². The zero-order valence-electron chi connectivity index (χ0n) is 14.4. The zero-order chi connectivity index (χ0) is 17.5. The second-order valence-electron chi connectivity index (χ2n) is 6.06. The summed E-state index contributed by atoms with van der Waals surface area (Å²) in [6.07, 6.45) is 7.34. The van der Waals surface area contributed by atoms with Crippen LogP contribution in [0.5, 0.6) is 0 Å². The Kier molecular flexibility index (Phi) is 5.84. The summed E-state index contributed by atoms with van der Waals surface area (Å²) in [7, 11) is 0. The lowest BCUT2D eigenvalue weighted by Crippen LogP contribution is -2.41. The molecule has 1 fully saturated rings. The first-order valence-corrected chi connectivity index (χ1v) is 8.49. The molecule has 3 rings (SSSR count). The Bertz CT molecular complexity index is 658. The van der Waals surface area contributed by atoms with Crippen molar-refractivity contribution in [3.63, 3.8) is 0 Å². The van der Waals surface area contributed by atoms with E-state index in [-0.39, 0.29) is 12.1 Å². The summed E-state index contributed by atoms with van der Waals surface area (Å²) in [5.41, 5.74) is 0.967. The number of carbonyl (C=O) groups is 1. The van der Waals surface area contributed by atoms with Gasteiger partial charge in [-0.15, -0.1) is 0 Å². The van der Waals surface area contributed by atoms with Gasteiger partial charge in [0.05, 0.1) is 19.0 Å². The molecule has 0 radical (unpaired) electrons. The maximum absolute atomic E-state index is 11.8. The number of amides is 2. The predicted octanol–water partition coefficient (Wildman–Crippen LogP) is 1.00. The molecule has 0 bridgehead atoms. The van der Waals surface area contributed by atoms with E-state index in [1.165, 1.54) is 0 Å². The number of imidazole rings is 1. The van der Waals surface area contributed by atoms with Crippen LogP contribution < -0.4 is 15.5 Å². The van der Waals surface area contributed by atoms with Crippen molar-refractivity contribution in [3.05, 3.63) is 42.6 Å². The maximum Gasteiger partial charge on any atom is 0.315 e. The van der Waals surface area contributed by atoms with E-state index in [4.69, 9.17) is 4.74 Å². The molecule has 1 saturated heterocycles. The van der Waals surface area contributed by atoms with Gasteiger partial charge in [-0.3, -0.25) is 0 Å². The molecule has 2 amide bonds. The number of pyridine rings is 1. The minimum absolute atomic E-state index is 0.189. The summed E-state index contributed by atoms with van der Waals surface area (Å²) >= 11 is 0. The van der Waals surface area contributed by atoms with Gasteiger partial charge in [-0.05, 0) is 18.6 Å². The van der Waals surface area contributed by atoms with Gasteiger partial charge in [-0.1, -0.05) is 6.07 Å². The van der Waals surface area contributed by atoms with Crippen LogP contribution in [-0.2, 0) is 17.8 Å². The number of hydrogen-bond donors (Lipinski definition) is 2. The third-order valence-electron chi connectivity index (χ3n) is 4.04. The van der Waals surface area contributed by atoms with Crippen LogP contribution in [-0.4, -0.2) is 52.9 Å². The molecule has 134 valence electrons. The zero-order valence-corrected chi connectivity index (χ0v) is 14.4. The Hall–Kier alpha value is -2.61. The molecule has 0 aromatic carbocycles. The number of nitrogens with zero attached hydrogens (tertiary/aromatic N) is 4. The molecule has 2 N–H and O–H groups in total. The van der Waals surface area contributed by atoms with Crippen molar-refractivity contribution in [2.75, 3.05) is 31.1 Å². The van der Waals surface area contributed by atoms with Crippen LogP contribution in [0.2, 0.25) is 0 Å². The van der Waals surface area contributed by atoms with E-state index in [2.05, 4.69) is 32.4 Å². The van der Waals surface area contributed by atoms with E-state index >= 15 is 0 Å². The van der Waals surface area contributed by atoms with Gasteiger partial charge in [0.2, 0.25) is 0 Å². The molecule has 1 aliphatic rings. The highest BCUT2D eigenvalue weighted by molar-refractivity contribution is 5.73. The Balaban J connectivity index is 1.39. The van der Waals surface area contributed by atoms with Gasteiger partial charge >= 0.3 is 6.03 Å². The van der Waals surface area contributed by atoms with Crippen molar-refractivity contribution < 1.29 is 9.53 Å². The summed E-state index contributed by atoms with van der Waals surface area (Å²) in [4.78, 5) is 22.5. The second kappa shape index (κ2) is 8.48. The van der Waals surface area contributed by atoms with Gasteiger partial charge in [-0.2, -0.15) is 0 Å². The van der Waals surface area contributed by atoms with Crippen molar-refractivity contribution in [3.8, 4) is 0 Å². The maximum atomic E-state index is 11.8. The van der Waals surface area contributed by atoms with Gasteiger partial charge < -0.3 is 24.8 Å². The number of morpholine rings is 1. The minimum atomic E-state index is -0.189. The Labute approximate surface area is 147 Å². The second-order valence-corrected chi connectivity index (χ2v) is 6.06. The lowest BCUT2D eigenvalue weighted by molar-refractivity contribution is 0.0529. The largest absolute Gasteiger partial charge is 0.375 e. The van der Waals surface area contributed by atoms with Crippen molar-refractivity contribution >= 4 is 11.8 Å². The first-order chi connectivity index (χ1) is 12.2. The molecule has 3 heterocycles. The Morgan fingerprint density at radius 2 is 2.32 bits per heavy atom. The molecular formula is C17H24N6O2. The number of hydrogen-bond acceptors (Lipinski definition) is 5. The quantitative estimate of drug-likeness (QED) is 0.817. The van der Waals surface area contributed by atoms with E-state index in [9.17, 15) is 4.79 Å². The average Bonchev–Trinajstić information content (AvgIpc) is 3.14. The fourth-order valence-electron chi connectivity index (χ4n) is 2.70. The van der Waals surface area contributed by atoms with E-state index < -0.39 is 0 Å². The standard InChI is InChI=1S/C17H24N6O2/c1-14-12-23(8-9-25-14)16-3-2-15(10-20-16)11-21-17(24)19-5-7-22-6-4-18-13-22/h2-4,6,10,13-14H,5,7-9,11-12H2,1H3,(H2,19,21,24)/t14-/m0/s1. The first kappa shape index (κ1) is 17.2. The van der Waals surface area contributed by atoms with Gasteiger partial charge in [0.1, 0.15) is 5.82 Å². The van der Waals surface area contributed by atoms with Crippen LogP contribution in [0.4, 0.5) is 10.6 Å². The van der Waals surface area contributed by atoms with Crippen LogP contribution in [0.15, 0.2) is 37.1 Å². The number of ether oxygens (including phenoxy) is 1. The molecule has 25 heavy (non-hydrogen) atoms. The summed E-state index contributed by atoms with van der Waals surface area (Å²) in [5, 5.41) is 5.65. The van der Waals surface area contributed by atoms with Gasteiger partial charge in [0.15, 0.2) is 0 Å². The topological polar surface area (TPSA) is 84.3 Å². The molecule has 8 nitrogen and oxygen atoms in total. The van der Waals surface area contributed by atoms with E-state index in [0.29, 0.717) is 19.6 Å². The molecular weight excluding hydrogens is 320 g/mol. The Morgan fingerprint density at radius 3 is 3.04 bits per heavy atom. The third kappa shape index (κ3) is 5.18. The Morgan fingerprint density at radius 1 is 1.40 bits per heavy atom. The molecule has 1 atom stereocenters. The summed E-state index contributed by atoms with van der Waals surface area (Å²) in [5.74, 6) is 0.948. The smallest absolute Gasteiger partial charge is 0.315 e. The summed E-state index contributed by atoms with van der Waals surface area (Å²) in [6, 6.07) is 3.80. The third-order valence-corrected chi connectivity index (χ3v) is 4.04. The van der Waals surface area contributed by atoms with Crippen molar-refractivity contribution in [2.24, 2.45) is 0 Å². The van der Waals surface area contributed by atoms with Crippen LogP contribution in [0.3, 0.4) is 0 Å². The summed E-state index contributed by atoms with van der Waals surface area (Å²) in [6.45, 7) is 6.19. The number of rotatable bonds is 6. The normalized spacial score (nSPS) is 17.3. The molecule has 0 aliphatic carbocycles. The fourth-order valence-corrected chi connectivity index (χ4v) is 2.70. The van der Waals surface area contributed by atoms with Crippen LogP contribution in [0.1, 0.15) is 12.5 Å². The number of urea groups is 1. The average molecular weight is 344 g/mol. The van der Waals surface area contributed by atoms with Crippen LogP contribution in [0.25, 0.3) is 0 Å². The minimum Gasteiger partial charge on any atom is -0.375 e. The predicted molar refractivity (Wildman–Crippen MR) is 94.3 cm³/mol. The monoisotopic (exact) mass is 344 g/mol. The fraction of sp³-hybridized carbons (Fsp3) is 0.471. The molecule has 8 heteroatoms. The van der Waals surface area contributed by atoms with Crippen molar-refractivity contribution in [1.29, 1.82) is 0 Å². The van der Waals surface area contributed by atoms with E-state index in [1.54, 1.807) is 18.7 Å². The van der Waals surface area contributed by atoms with Crippen molar-refractivity contribution in [2.45, 2.75) is 26.1 Å². The molecule has 2 aromatic heterocycles. The molecule has 0 saturated carbocycles. The number of anilines is 1. The van der Waals surface area contributed by atoms with Crippen LogP contribution >= 0.6 is 0 Å². The highest BCUT2D eigenvalue weighted by atomic mass is 16.5. The molecule has 1 aliphatic heterocycles. The molecule has 2 aromatic rings. The van der Waals surface area contributed by atoms with Gasteiger partial charge in [0, 0.05) is 51.3 Å². The molecule has 0 unspecified atom stereocenters. The SMILES string of the molecule is C[C@H]1CN(c2ccc(CNC(=O)NCCn3ccnc3)cn2)CCO1. The summed E-state index contributed by atoms with van der Waals surface area (Å²) < 4.78 is 7.46. The highest BCUT2D eigenvalue weighted by Gasteiger charge is 2.17. The first-order valence-electron chi connectivity index (χ1n) is 8.49. The number of aromatic nitrogens is 3. The lowest BCUT2D eigenvalue weighted by Gasteiger charge is -2.32. The lowest BCUT2D eigenvalue weighted by atomic mass is 10.2. The molecule has 0 spiro atoms. The number of nitrogens with one attached hydrogen (secondary N) is 2. The van der Waals surface area contributed by atoms with E-state index in [0.717, 1.165) is 31.1 Å². The van der Waals surface area contributed by atoms with Crippen molar-refractivity contribution in [1.82, 2.24) is 25.2 Å². The van der Waals surface area contributed by atoms with Crippen LogP contribution in [0, 0.1) is 0 Å². The van der Waals surface area contributed by atoms with E-state index in [1.807, 2.05) is 22.9 Å². The number of carbonyl (C=O) groups excluding carboxylic acids is 1. The van der Waals surface area contributed by atoms with Gasteiger partial charge in [-0.25, -0.2) is 14.8 Å².